The number of carbonyl (C=O) groups excluding carboxylic acids is 1. The van der Waals surface area contributed by atoms with Gasteiger partial charge in [-0.3, -0.25) is 0 Å². The Balaban J connectivity index is 1.90. The minimum atomic E-state index is -0.0471. The molecule has 1 spiro atoms. The van der Waals surface area contributed by atoms with Crippen molar-refractivity contribution in [1.29, 1.82) is 0 Å². The highest BCUT2D eigenvalue weighted by atomic mass is 16.6. The molecule has 96 valence electrons. The van der Waals surface area contributed by atoms with Crippen LogP contribution in [0.2, 0.25) is 0 Å². The van der Waals surface area contributed by atoms with Crippen molar-refractivity contribution in [2.75, 3.05) is 6.61 Å². The maximum atomic E-state index is 11.6. The number of rotatable bonds is 1. The average molecular weight is 236 g/mol. The summed E-state index contributed by atoms with van der Waals surface area (Å²) >= 11 is 0. The lowest BCUT2D eigenvalue weighted by Crippen LogP contribution is -2.52. The van der Waals surface area contributed by atoms with Gasteiger partial charge in [0.05, 0.1) is 12.5 Å². The van der Waals surface area contributed by atoms with Crippen LogP contribution in [0.15, 0.2) is 0 Å². The summed E-state index contributed by atoms with van der Waals surface area (Å²) < 4.78 is 5.68. The van der Waals surface area contributed by atoms with Gasteiger partial charge in [0.15, 0.2) is 0 Å². The van der Waals surface area contributed by atoms with Crippen LogP contribution in [-0.4, -0.2) is 18.5 Å². The molecule has 2 heteroatoms. The van der Waals surface area contributed by atoms with Crippen molar-refractivity contribution in [3.8, 4) is 0 Å². The molecule has 4 atom stereocenters. The first-order valence-corrected chi connectivity index (χ1v) is 7.01. The summed E-state index contributed by atoms with van der Waals surface area (Å²) in [5, 5.41) is 0. The van der Waals surface area contributed by atoms with Gasteiger partial charge in [-0.1, -0.05) is 20.8 Å². The van der Waals surface area contributed by atoms with Crippen LogP contribution in [-0.2, 0) is 9.53 Å². The van der Waals surface area contributed by atoms with Gasteiger partial charge in [0, 0.05) is 0 Å². The molecule has 0 aromatic heterocycles. The Morgan fingerprint density at radius 3 is 2.47 bits per heavy atom. The summed E-state index contributed by atoms with van der Waals surface area (Å²) in [5.74, 6) is 0.862. The predicted molar refractivity (Wildman–Crippen MR) is 66.7 cm³/mol. The Morgan fingerprint density at radius 2 is 1.88 bits per heavy atom. The van der Waals surface area contributed by atoms with Crippen molar-refractivity contribution in [3.63, 3.8) is 0 Å². The zero-order chi connectivity index (χ0) is 12.3. The number of epoxide rings is 1. The van der Waals surface area contributed by atoms with Crippen LogP contribution in [0.3, 0.4) is 0 Å². The van der Waals surface area contributed by atoms with Crippen LogP contribution >= 0.6 is 0 Å². The number of ether oxygens (including phenoxy) is 1. The molecule has 3 rings (SSSR count). The van der Waals surface area contributed by atoms with Gasteiger partial charge in [-0.2, -0.15) is 0 Å². The SMILES string of the molecule is CC1(C)CC[C@@]2(C)[C@@H](CC[C@]3(CO3)[C@@H]2C=O)C1. The molecule has 2 aliphatic carbocycles. The highest BCUT2D eigenvalue weighted by molar-refractivity contribution is 5.59. The fourth-order valence-corrected chi connectivity index (χ4v) is 4.53. The maximum absolute atomic E-state index is 11.6. The number of fused-ring (bicyclic) bond motifs is 1. The molecule has 0 aromatic carbocycles. The number of aldehydes is 1. The third kappa shape index (κ3) is 1.60. The Morgan fingerprint density at radius 1 is 1.18 bits per heavy atom. The lowest BCUT2D eigenvalue weighted by Gasteiger charge is -2.54. The van der Waals surface area contributed by atoms with Crippen molar-refractivity contribution in [2.45, 2.75) is 58.5 Å². The molecule has 1 aliphatic heterocycles. The van der Waals surface area contributed by atoms with Crippen LogP contribution in [0, 0.1) is 22.7 Å². The van der Waals surface area contributed by atoms with E-state index in [2.05, 4.69) is 20.8 Å². The predicted octanol–water partition coefficient (Wildman–Crippen LogP) is 3.20. The second kappa shape index (κ2) is 3.34. The van der Waals surface area contributed by atoms with Crippen molar-refractivity contribution in [2.24, 2.45) is 22.7 Å². The van der Waals surface area contributed by atoms with E-state index < -0.39 is 0 Å². The molecule has 17 heavy (non-hydrogen) atoms. The molecular formula is C15H24O2. The normalized spacial score (nSPS) is 51.9. The quantitative estimate of drug-likeness (QED) is 0.517. The first-order valence-electron chi connectivity index (χ1n) is 7.01. The fraction of sp³-hybridized carbons (Fsp3) is 0.933. The van der Waals surface area contributed by atoms with Crippen LogP contribution in [0.4, 0.5) is 0 Å². The van der Waals surface area contributed by atoms with E-state index in [-0.39, 0.29) is 16.9 Å². The van der Waals surface area contributed by atoms with Crippen molar-refractivity contribution >= 4 is 6.29 Å². The molecule has 0 aromatic rings. The van der Waals surface area contributed by atoms with Crippen LogP contribution < -0.4 is 0 Å². The second-order valence-corrected chi connectivity index (χ2v) is 7.58. The molecule has 0 unspecified atom stereocenters. The summed E-state index contributed by atoms with van der Waals surface area (Å²) in [6, 6.07) is 0. The molecule has 1 saturated heterocycles. The van der Waals surface area contributed by atoms with Gasteiger partial charge >= 0.3 is 0 Å². The van der Waals surface area contributed by atoms with Gasteiger partial charge in [-0.25, -0.2) is 0 Å². The zero-order valence-electron chi connectivity index (χ0n) is 11.3. The number of hydrogen-bond acceptors (Lipinski definition) is 2. The van der Waals surface area contributed by atoms with E-state index in [1.165, 1.54) is 32.0 Å². The molecule has 2 nitrogen and oxygen atoms in total. The van der Waals surface area contributed by atoms with Gasteiger partial charge in [0.25, 0.3) is 0 Å². The fourth-order valence-electron chi connectivity index (χ4n) is 4.53. The van der Waals surface area contributed by atoms with E-state index in [0.717, 1.165) is 18.9 Å². The largest absolute Gasteiger partial charge is 0.369 e. The van der Waals surface area contributed by atoms with E-state index >= 15 is 0 Å². The smallest absolute Gasteiger partial charge is 0.126 e. The van der Waals surface area contributed by atoms with Gasteiger partial charge in [-0.15, -0.1) is 0 Å². The summed E-state index contributed by atoms with van der Waals surface area (Å²) in [4.78, 5) is 11.6. The Labute approximate surface area is 104 Å². The van der Waals surface area contributed by atoms with Crippen molar-refractivity contribution in [1.82, 2.24) is 0 Å². The highest BCUT2D eigenvalue weighted by Crippen LogP contribution is 2.62. The summed E-state index contributed by atoms with van der Waals surface area (Å²) in [7, 11) is 0. The minimum absolute atomic E-state index is 0.0471. The zero-order valence-corrected chi connectivity index (χ0v) is 11.3. The van der Waals surface area contributed by atoms with Gasteiger partial charge < -0.3 is 9.53 Å². The third-order valence-corrected chi connectivity index (χ3v) is 5.92. The number of hydrogen-bond donors (Lipinski definition) is 0. The molecule has 0 radical (unpaired) electrons. The summed E-state index contributed by atoms with van der Waals surface area (Å²) in [6.07, 6.45) is 7.29. The highest BCUT2D eigenvalue weighted by Gasteiger charge is 2.63. The molecule has 2 saturated carbocycles. The first-order chi connectivity index (χ1) is 7.92. The second-order valence-electron chi connectivity index (χ2n) is 7.58. The van der Waals surface area contributed by atoms with Gasteiger partial charge in [0.1, 0.15) is 11.9 Å². The minimum Gasteiger partial charge on any atom is -0.369 e. The van der Waals surface area contributed by atoms with E-state index in [4.69, 9.17) is 4.74 Å². The first kappa shape index (κ1) is 11.7. The molecule has 0 N–H and O–H groups in total. The summed E-state index contributed by atoms with van der Waals surface area (Å²) in [5.41, 5.74) is 0.618. The Hall–Kier alpha value is -0.370. The lowest BCUT2D eigenvalue weighted by atomic mass is 9.49. The van der Waals surface area contributed by atoms with Gasteiger partial charge in [0.2, 0.25) is 0 Å². The van der Waals surface area contributed by atoms with E-state index in [1.54, 1.807) is 0 Å². The summed E-state index contributed by atoms with van der Waals surface area (Å²) in [6.45, 7) is 7.91. The monoisotopic (exact) mass is 236 g/mol. The molecule has 3 fully saturated rings. The lowest BCUT2D eigenvalue weighted by molar-refractivity contribution is -0.130. The molecule has 0 amide bonds. The van der Waals surface area contributed by atoms with Crippen LogP contribution in [0.25, 0.3) is 0 Å². The third-order valence-electron chi connectivity index (χ3n) is 5.92. The van der Waals surface area contributed by atoms with Crippen LogP contribution in [0.5, 0.6) is 0 Å². The number of carbonyl (C=O) groups is 1. The van der Waals surface area contributed by atoms with E-state index in [9.17, 15) is 4.79 Å². The average Bonchev–Trinajstić information content (AvgIpc) is 3.01. The molecule has 3 aliphatic rings. The Kier molecular flexibility index (Phi) is 2.30. The molecule has 1 heterocycles. The molecule has 0 bridgehead atoms. The maximum Gasteiger partial charge on any atom is 0.126 e. The van der Waals surface area contributed by atoms with Crippen molar-refractivity contribution in [3.05, 3.63) is 0 Å². The van der Waals surface area contributed by atoms with Gasteiger partial charge in [-0.05, 0) is 48.9 Å². The Bertz CT molecular complexity index is 343. The van der Waals surface area contributed by atoms with Crippen molar-refractivity contribution < 1.29 is 9.53 Å². The topological polar surface area (TPSA) is 29.6 Å². The van der Waals surface area contributed by atoms with Crippen LogP contribution in [0.1, 0.15) is 52.9 Å². The standard InChI is InChI=1S/C15H24O2/c1-13(2)6-7-14(3)11(8-13)4-5-15(10-17-15)12(14)9-16/h9,11-12H,4-8,10H2,1-3H3/t11-,12+,14-,15-/m0/s1. The van der Waals surface area contributed by atoms with E-state index in [0.29, 0.717) is 5.41 Å². The molecular weight excluding hydrogens is 212 g/mol. The van der Waals surface area contributed by atoms with E-state index in [1.807, 2.05) is 0 Å².